The number of aromatic nitrogens is 4. The minimum absolute atomic E-state index is 0.0325. The zero-order chi connectivity index (χ0) is 23.7. The van der Waals surface area contributed by atoms with Gasteiger partial charge in [-0.2, -0.15) is 9.78 Å². The Labute approximate surface area is 191 Å². The number of carbonyl (C=O) groups excluding carboxylic acids is 1. The number of carbonyl (C=O) groups is 1. The van der Waals surface area contributed by atoms with E-state index in [1.807, 2.05) is 6.92 Å². The summed E-state index contributed by atoms with van der Waals surface area (Å²) in [5.74, 6) is -0.0734. The molecule has 0 aliphatic heterocycles. The Morgan fingerprint density at radius 1 is 1.33 bits per heavy atom. The molecule has 0 atom stereocenters. The van der Waals surface area contributed by atoms with E-state index >= 15 is 0 Å². The number of rotatable bonds is 6. The van der Waals surface area contributed by atoms with E-state index in [1.54, 1.807) is 19.1 Å². The summed E-state index contributed by atoms with van der Waals surface area (Å²) in [6.45, 7) is 3.55. The van der Waals surface area contributed by atoms with E-state index in [0.717, 1.165) is 6.07 Å². The van der Waals surface area contributed by atoms with Crippen LogP contribution in [-0.4, -0.2) is 30.6 Å². The number of hydrogen-bond acceptors (Lipinski definition) is 7. The highest BCUT2D eigenvalue weighted by molar-refractivity contribution is 6.34. The molecule has 0 unspecified atom stereocenters. The molecule has 12 heteroatoms. The van der Waals surface area contributed by atoms with Crippen molar-refractivity contribution in [3.8, 4) is 17.4 Å². The maximum Gasteiger partial charge on any atom is 0.270 e. The molecule has 4 rings (SSSR count). The number of hydrogen-bond donors (Lipinski definition) is 2. The Hall–Kier alpha value is -4.25. The fraction of sp³-hybridized carbons (Fsp3) is 0.143. The summed E-state index contributed by atoms with van der Waals surface area (Å²) in [5, 5.41) is 18.2. The van der Waals surface area contributed by atoms with Crippen LogP contribution in [0.5, 0.6) is 0 Å². The van der Waals surface area contributed by atoms with Crippen LogP contribution in [0.2, 0.25) is 5.02 Å². The van der Waals surface area contributed by atoms with Gasteiger partial charge in [-0.3, -0.25) is 24.7 Å². The molecule has 168 valence electrons. The van der Waals surface area contributed by atoms with Gasteiger partial charge in [0.1, 0.15) is 11.5 Å². The summed E-state index contributed by atoms with van der Waals surface area (Å²) >= 11 is 6.10. The minimum Gasteiger partial charge on any atom is -0.463 e. The van der Waals surface area contributed by atoms with Crippen molar-refractivity contribution in [1.82, 2.24) is 19.7 Å². The topological polar surface area (TPSA) is 149 Å². The van der Waals surface area contributed by atoms with Gasteiger partial charge in [-0.15, -0.1) is 0 Å². The Kier molecular flexibility index (Phi) is 5.80. The van der Waals surface area contributed by atoms with Crippen LogP contribution in [-0.2, 0) is 6.42 Å². The predicted octanol–water partition coefficient (Wildman–Crippen LogP) is 3.90. The first kappa shape index (κ1) is 22.0. The van der Waals surface area contributed by atoms with Gasteiger partial charge in [0.2, 0.25) is 5.95 Å². The number of anilines is 1. The molecule has 3 heterocycles. The van der Waals surface area contributed by atoms with Crippen LogP contribution in [0.25, 0.3) is 17.4 Å². The first-order chi connectivity index (χ1) is 15.8. The number of nitro benzene ring substituents is 1. The number of furan rings is 1. The molecule has 2 N–H and O–H groups in total. The molecule has 0 fully saturated rings. The number of nitrogens with one attached hydrogen (secondary N) is 2. The van der Waals surface area contributed by atoms with Crippen LogP contribution in [0.15, 0.2) is 51.9 Å². The van der Waals surface area contributed by atoms with Crippen molar-refractivity contribution in [1.29, 1.82) is 0 Å². The summed E-state index contributed by atoms with van der Waals surface area (Å²) in [5.41, 5.74) is 0.703. The van der Waals surface area contributed by atoms with Crippen molar-refractivity contribution in [2.45, 2.75) is 20.3 Å². The lowest BCUT2D eigenvalue weighted by atomic mass is 10.2. The summed E-state index contributed by atoms with van der Waals surface area (Å²) in [6, 6.07) is 8.42. The van der Waals surface area contributed by atoms with Crippen molar-refractivity contribution in [3.63, 3.8) is 0 Å². The van der Waals surface area contributed by atoms with Crippen LogP contribution < -0.4 is 10.9 Å². The lowest BCUT2D eigenvalue weighted by Crippen LogP contribution is -2.22. The van der Waals surface area contributed by atoms with Gasteiger partial charge in [0.05, 0.1) is 21.8 Å². The van der Waals surface area contributed by atoms with E-state index in [9.17, 15) is 19.7 Å². The van der Waals surface area contributed by atoms with E-state index < -0.39 is 10.8 Å². The molecule has 4 aromatic rings. The molecule has 3 aromatic heterocycles. The number of H-pyrrole nitrogens is 1. The van der Waals surface area contributed by atoms with Gasteiger partial charge in [-0.25, -0.2) is 4.98 Å². The first-order valence-corrected chi connectivity index (χ1v) is 10.2. The zero-order valence-corrected chi connectivity index (χ0v) is 18.2. The average Bonchev–Trinajstić information content (AvgIpc) is 3.43. The molecule has 33 heavy (non-hydrogen) atoms. The van der Waals surface area contributed by atoms with Gasteiger partial charge in [0, 0.05) is 29.5 Å². The highest BCUT2D eigenvalue weighted by Gasteiger charge is 2.21. The smallest absolute Gasteiger partial charge is 0.270 e. The van der Waals surface area contributed by atoms with Crippen LogP contribution >= 0.6 is 11.6 Å². The molecule has 0 spiro atoms. The number of nitro groups is 1. The third-order valence-corrected chi connectivity index (χ3v) is 5.22. The molecule has 11 nitrogen and oxygen atoms in total. The van der Waals surface area contributed by atoms with Crippen molar-refractivity contribution in [3.05, 3.63) is 85.0 Å². The van der Waals surface area contributed by atoms with E-state index in [2.05, 4.69) is 20.4 Å². The van der Waals surface area contributed by atoms with Gasteiger partial charge in [0.25, 0.3) is 17.2 Å². The van der Waals surface area contributed by atoms with Gasteiger partial charge >= 0.3 is 0 Å². The lowest BCUT2D eigenvalue weighted by Gasteiger charge is -2.10. The number of non-ortho nitro benzene ring substituents is 1. The fourth-order valence-electron chi connectivity index (χ4n) is 3.27. The molecular formula is C21H17ClN6O5. The fourth-order valence-corrected chi connectivity index (χ4v) is 3.48. The Bertz CT molecular complexity index is 1420. The third kappa shape index (κ3) is 4.26. The molecule has 0 aliphatic carbocycles. The van der Waals surface area contributed by atoms with Gasteiger partial charge in [-0.05, 0) is 31.5 Å². The second kappa shape index (κ2) is 8.71. The van der Waals surface area contributed by atoms with Crippen LogP contribution in [0.1, 0.15) is 28.5 Å². The van der Waals surface area contributed by atoms with Gasteiger partial charge < -0.3 is 9.73 Å². The number of benzene rings is 1. The van der Waals surface area contributed by atoms with Crippen LogP contribution in [0.4, 0.5) is 11.5 Å². The van der Waals surface area contributed by atoms with Crippen molar-refractivity contribution in [2.75, 3.05) is 5.32 Å². The predicted molar refractivity (Wildman–Crippen MR) is 120 cm³/mol. The average molecular weight is 469 g/mol. The number of nitrogens with zero attached hydrogens (tertiary/aromatic N) is 4. The SMILES string of the molecule is CCc1c(C)nc(-n2nc(-c3ccco3)cc2NC(=O)c2cc([N+](=O)[O-])ccc2Cl)[nH]c1=O. The zero-order valence-electron chi connectivity index (χ0n) is 17.5. The van der Waals surface area contributed by atoms with Crippen molar-refractivity contribution < 1.29 is 14.1 Å². The maximum absolute atomic E-state index is 12.9. The monoisotopic (exact) mass is 468 g/mol. The molecule has 0 saturated carbocycles. The van der Waals surface area contributed by atoms with E-state index in [0.29, 0.717) is 29.1 Å². The molecule has 0 radical (unpaired) electrons. The minimum atomic E-state index is -0.708. The van der Waals surface area contributed by atoms with Crippen LogP contribution in [0, 0.1) is 17.0 Å². The van der Waals surface area contributed by atoms with Crippen molar-refractivity contribution in [2.24, 2.45) is 0 Å². The quantitative estimate of drug-likeness (QED) is 0.322. The van der Waals surface area contributed by atoms with Crippen LogP contribution in [0.3, 0.4) is 0 Å². The normalized spacial score (nSPS) is 10.9. The molecule has 0 saturated heterocycles. The largest absolute Gasteiger partial charge is 0.463 e. The highest BCUT2D eigenvalue weighted by atomic mass is 35.5. The van der Waals surface area contributed by atoms with Crippen molar-refractivity contribution >= 4 is 29.0 Å². The number of aromatic amines is 1. The van der Waals surface area contributed by atoms with E-state index in [-0.39, 0.29) is 33.6 Å². The molecular weight excluding hydrogens is 452 g/mol. The standard InChI is InChI=1S/C21H17ClN6O5/c1-3-13-11(2)23-21(25-19(13)29)27-18(10-16(26-27)17-5-4-8-33-17)24-20(30)14-9-12(28(31)32)6-7-15(14)22/h4-10H,3H2,1-2H3,(H,24,30)(H,23,25,29). The Morgan fingerprint density at radius 2 is 2.12 bits per heavy atom. The van der Waals surface area contributed by atoms with E-state index in [4.69, 9.17) is 16.0 Å². The highest BCUT2D eigenvalue weighted by Crippen LogP contribution is 2.27. The Morgan fingerprint density at radius 3 is 2.76 bits per heavy atom. The second-order valence-corrected chi connectivity index (χ2v) is 7.39. The third-order valence-electron chi connectivity index (χ3n) is 4.89. The molecule has 0 bridgehead atoms. The second-order valence-electron chi connectivity index (χ2n) is 6.99. The molecule has 0 aliphatic rings. The van der Waals surface area contributed by atoms with E-state index in [1.165, 1.54) is 29.1 Å². The number of amides is 1. The van der Waals surface area contributed by atoms with Gasteiger partial charge in [0.15, 0.2) is 5.76 Å². The lowest BCUT2D eigenvalue weighted by molar-refractivity contribution is -0.384. The summed E-state index contributed by atoms with van der Waals surface area (Å²) in [6.07, 6.45) is 1.97. The Balaban J connectivity index is 1.80. The molecule has 1 amide bonds. The maximum atomic E-state index is 12.9. The number of aryl methyl sites for hydroxylation is 1. The molecule has 1 aromatic carbocycles. The first-order valence-electron chi connectivity index (χ1n) is 9.78. The summed E-state index contributed by atoms with van der Waals surface area (Å²) in [4.78, 5) is 43.0. The van der Waals surface area contributed by atoms with Gasteiger partial charge in [-0.1, -0.05) is 18.5 Å². The summed E-state index contributed by atoms with van der Waals surface area (Å²) in [7, 11) is 0. The number of halogens is 1. The summed E-state index contributed by atoms with van der Waals surface area (Å²) < 4.78 is 6.63.